The molecule has 6 heterocycles. The van der Waals surface area contributed by atoms with Gasteiger partial charge in [0.15, 0.2) is 23.0 Å². The van der Waals surface area contributed by atoms with E-state index in [1.54, 1.807) is 73.9 Å². The Hall–Kier alpha value is -10.9. The molecule has 2 amide bonds. The highest BCUT2D eigenvalue weighted by molar-refractivity contribution is 6.34. The van der Waals surface area contributed by atoms with E-state index in [-0.39, 0.29) is 44.9 Å². The standard InChI is InChI=1S/C33H24ClFN4O6.C33H27ClFN3O7/c34-24-18-22(9-10-25(24)38-32(40)23-4-3-14-39(33(23)41)21-7-5-20(35)6-8-21)45-27-11-13-37-26-19-28(42-15-2-1-12-36)30-31(29(26)27)44-17-16-43-30;1-3-41-25-12-14-38(20-7-5-19(35)6-8-20)33(40)29(25)32(39)37-23-10-9-21(17-22(23)34)45-26-11-13-36-24-18-27(42-4-2)30-31(28(24)26)44-16-15-43-30/h3-11,13-14,18-19H,1-2,15-17H2,(H,38,40);5-14,17-18H,3-4,15-16H2,1-2H3,(H,37,39). The van der Waals surface area contributed by atoms with Crippen LogP contribution in [0.25, 0.3) is 33.2 Å². The summed E-state index contributed by atoms with van der Waals surface area (Å²) in [5, 5.41) is 15.7. The number of rotatable bonds is 18. The number of benzene rings is 6. The second-order valence-electron chi connectivity index (χ2n) is 19.5. The number of nitrogens with zero attached hydrogens (tertiary/aromatic N) is 5. The van der Waals surface area contributed by atoms with E-state index in [1.165, 1.54) is 94.3 Å². The van der Waals surface area contributed by atoms with E-state index >= 15 is 0 Å². The molecule has 0 spiro atoms. The minimum Gasteiger partial charge on any atom is -0.493 e. The summed E-state index contributed by atoms with van der Waals surface area (Å²) < 4.78 is 82.6. The second kappa shape index (κ2) is 27.4. The van der Waals surface area contributed by atoms with Crippen LogP contribution in [0.2, 0.25) is 10.0 Å². The number of carbonyl (C=O) groups is 2. The average molecular weight is 1260 g/mol. The van der Waals surface area contributed by atoms with Crippen molar-refractivity contribution < 1.29 is 61.0 Å². The van der Waals surface area contributed by atoms with E-state index in [2.05, 4.69) is 26.7 Å². The number of hydrogen-bond acceptors (Lipinski definition) is 16. The predicted octanol–water partition coefficient (Wildman–Crippen LogP) is 13.5. The number of halogens is 4. The largest absolute Gasteiger partial charge is 0.493 e. The van der Waals surface area contributed by atoms with Crippen molar-refractivity contribution >= 4 is 68.2 Å². The summed E-state index contributed by atoms with van der Waals surface area (Å²) in [5.41, 5.74) is 0.862. The topological polar surface area (TPSA) is 235 Å². The Morgan fingerprint density at radius 3 is 1.58 bits per heavy atom. The number of ether oxygens (including phenoxy) is 9. The maximum absolute atomic E-state index is 13.5. The van der Waals surface area contributed by atoms with E-state index in [1.807, 2.05) is 6.92 Å². The fourth-order valence-corrected chi connectivity index (χ4v) is 10.1. The van der Waals surface area contributed by atoms with Crippen LogP contribution in [0.3, 0.4) is 0 Å². The SMILES string of the molecule is CCOc1cc2nccc(Oc3ccc(NC(=O)c4c(OCC)ccn(-c5ccc(F)cc5)c4=O)c(Cl)c3)c2c2c1OCCO2.N#CCCCOc1cc2nccc(Oc3ccc(NC(=O)c4cccn(-c5ccc(F)cc5)c4=O)c(Cl)c3)c2c2c1OCCO2. The highest BCUT2D eigenvalue weighted by Gasteiger charge is 2.28. The molecule has 0 radical (unpaired) electrons. The monoisotopic (exact) mass is 1260 g/mol. The quantitative estimate of drug-likeness (QED) is 0.0760. The first-order valence-corrected chi connectivity index (χ1v) is 28.8. The molecule has 0 atom stereocenters. The number of nitrogens with one attached hydrogen (secondary N) is 2. The number of unbranched alkanes of at least 4 members (excludes halogenated alkanes) is 1. The first-order valence-electron chi connectivity index (χ1n) is 28.0. The Bertz CT molecular complexity index is 4550. The van der Waals surface area contributed by atoms with Crippen molar-refractivity contribution in [3.63, 3.8) is 0 Å². The smallest absolute Gasteiger partial charge is 0.271 e. The van der Waals surface area contributed by atoms with Crippen LogP contribution >= 0.6 is 23.2 Å². The van der Waals surface area contributed by atoms with Crippen LogP contribution in [0.1, 0.15) is 47.4 Å². The molecule has 0 saturated heterocycles. The summed E-state index contributed by atoms with van der Waals surface area (Å²) in [5.74, 6) is 2.23. The molecule has 10 aromatic rings. The molecule has 2 aliphatic heterocycles. The number of hydrogen-bond donors (Lipinski definition) is 2. The molecular formula is C66H51Cl2F2N7O13. The molecule has 0 unspecified atom stereocenters. The third kappa shape index (κ3) is 13.2. The lowest BCUT2D eigenvalue weighted by atomic mass is 10.1. The van der Waals surface area contributed by atoms with Crippen LogP contribution in [-0.4, -0.2) is 77.2 Å². The zero-order valence-corrected chi connectivity index (χ0v) is 49.4. The summed E-state index contributed by atoms with van der Waals surface area (Å²) in [6.45, 7) is 6.03. The lowest BCUT2D eigenvalue weighted by Crippen LogP contribution is -2.29. The van der Waals surface area contributed by atoms with Crippen LogP contribution in [0.4, 0.5) is 20.2 Å². The minimum absolute atomic E-state index is 0.0982. The molecule has 20 nitrogen and oxygen atoms in total. The lowest BCUT2D eigenvalue weighted by molar-refractivity contribution is 0.101. The van der Waals surface area contributed by atoms with E-state index in [4.69, 9.17) is 71.1 Å². The number of carbonyl (C=O) groups excluding carboxylic acids is 2. The number of fused-ring (bicyclic) bond motifs is 6. The van der Waals surface area contributed by atoms with Gasteiger partial charge in [0.1, 0.15) is 77.9 Å². The van der Waals surface area contributed by atoms with Gasteiger partial charge in [-0.2, -0.15) is 5.26 Å². The molecule has 4 aromatic heterocycles. The number of amides is 2. The predicted molar refractivity (Wildman–Crippen MR) is 331 cm³/mol. The summed E-state index contributed by atoms with van der Waals surface area (Å²) in [6.07, 6.45) is 7.09. The van der Waals surface area contributed by atoms with Crippen molar-refractivity contribution in [2.45, 2.75) is 26.7 Å². The summed E-state index contributed by atoms with van der Waals surface area (Å²) in [6, 6.07) is 33.5. The molecule has 2 aliphatic rings. The van der Waals surface area contributed by atoms with Gasteiger partial charge >= 0.3 is 0 Å². The van der Waals surface area contributed by atoms with Crippen molar-refractivity contribution in [3.05, 3.63) is 206 Å². The fourth-order valence-electron chi connectivity index (χ4n) is 9.65. The first-order chi connectivity index (χ1) is 43.8. The molecule has 0 aliphatic carbocycles. The number of anilines is 2. The summed E-state index contributed by atoms with van der Waals surface area (Å²) in [4.78, 5) is 61.9. The Morgan fingerprint density at radius 2 is 1.07 bits per heavy atom. The molecule has 90 heavy (non-hydrogen) atoms. The van der Waals surface area contributed by atoms with Crippen molar-refractivity contribution in [2.75, 3.05) is 56.9 Å². The van der Waals surface area contributed by atoms with Crippen LogP contribution in [0, 0.1) is 23.0 Å². The van der Waals surface area contributed by atoms with Gasteiger partial charge in [-0.25, -0.2) is 8.78 Å². The zero-order chi connectivity index (χ0) is 62.8. The maximum atomic E-state index is 13.5. The number of aromatic nitrogens is 4. The molecule has 24 heteroatoms. The molecule has 0 saturated carbocycles. The van der Waals surface area contributed by atoms with Gasteiger partial charge in [-0.05, 0) is 123 Å². The van der Waals surface area contributed by atoms with Gasteiger partial charge in [0.25, 0.3) is 22.9 Å². The van der Waals surface area contributed by atoms with Gasteiger partial charge in [0, 0.05) is 66.8 Å². The molecule has 2 N–H and O–H groups in total. The molecule has 456 valence electrons. The highest BCUT2D eigenvalue weighted by Crippen LogP contribution is 2.50. The summed E-state index contributed by atoms with van der Waals surface area (Å²) >= 11 is 13.1. The summed E-state index contributed by atoms with van der Waals surface area (Å²) in [7, 11) is 0. The molecule has 12 rings (SSSR count). The van der Waals surface area contributed by atoms with Crippen molar-refractivity contribution in [2.24, 2.45) is 0 Å². The van der Waals surface area contributed by atoms with Gasteiger partial charge < -0.3 is 53.3 Å². The fraction of sp³-hybridized carbons (Fsp3) is 0.167. The third-order valence-corrected chi connectivity index (χ3v) is 14.3. The van der Waals surface area contributed by atoms with Gasteiger partial charge in [0.05, 0.1) is 69.1 Å². The third-order valence-electron chi connectivity index (χ3n) is 13.7. The van der Waals surface area contributed by atoms with Crippen LogP contribution in [0.5, 0.6) is 63.2 Å². The van der Waals surface area contributed by atoms with Crippen LogP contribution < -0.4 is 64.4 Å². The number of pyridine rings is 4. The lowest BCUT2D eigenvalue weighted by Gasteiger charge is -2.23. The van der Waals surface area contributed by atoms with Crippen molar-refractivity contribution in [1.29, 1.82) is 5.26 Å². The molecule has 0 fully saturated rings. The highest BCUT2D eigenvalue weighted by atomic mass is 35.5. The Balaban J connectivity index is 0.000000185. The minimum atomic E-state index is -0.732. The van der Waals surface area contributed by atoms with Gasteiger partial charge in [-0.3, -0.25) is 38.3 Å². The Labute approximate surface area is 521 Å². The van der Waals surface area contributed by atoms with E-state index in [0.29, 0.717) is 143 Å². The second-order valence-corrected chi connectivity index (χ2v) is 20.3. The van der Waals surface area contributed by atoms with Gasteiger partial charge in [0.2, 0.25) is 11.5 Å². The van der Waals surface area contributed by atoms with Crippen molar-refractivity contribution in [1.82, 2.24) is 19.1 Å². The van der Waals surface area contributed by atoms with E-state index < -0.39 is 34.6 Å². The molecule has 0 bridgehead atoms. The van der Waals surface area contributed by atoms with Crippen molar-refractivity contribution in [3.8, 4) is 80.7 Å². The van der Waals surface area contributed by atoms with Gasteiger partial charge in [-0.1, -0.05) is 23.2 Å². The van der Waals surface area contributed by atoms with E-state index in [9.17, 15) is 28.0 Å². The normalized spacial score (nSPS) is 12.0. The van der Waals surface area contributed by atoms with Gasteiger partial charge in [-0.15, -0.1) is 0 Å². The maximum Gasteiger partial charge on any atom is 0.271 e. The average Bonchev–Trinajstić information content (AvgIpc) is 1.08. The Morgan fingerprint density at radius 1 is 0.578 bits per heavy atom. The first kappa shape index (κ1) is 60.8. The van der Waals surface area contributed by atoms with Crippen LogP contribution in [0.15, 0.2) is 162 Å². The molecule has 6 aromatic carbocycles. The number of nitriles is 1. The van der Waals surface area contributed by atoms with Crippen LogP contribution in [-0.2, 0) is 0 Å². The Kier molecular flexibility index (Phi) is 18.5. The van der Waals surface area contributed by atoms with E-state index in [0.717, 1.165) is 0 Å². The zero-order valence-electron chi connectivity index (χ0n) is 47.9. The molecular weight excluding hydrogens is 1210 g/mol.